The molecule has 126 valence electrons. The molecule has 0 atom stereocenters. The van der Waals surface area contributed by atoms with E-state index in [0.29, 0.717) is 5.69 Å². The summed E-state index contributed by atoms with van der Waals surface area (Å²) in [6, 6.07) is 9.49. The van der Waals surface area contributed by atoms with Crippen molar-refractivity contribution in [3.05, 3.63) is 53.8 Å². The van der Waals surface area contributed by atoms with Gasteiger partial charge >= 0.3 is 6.55 Å². The zero-order valence-corrected chi connectivity index (χ0v) is 13.8. The number of nitrogens with zero attached hydrogens (tertiary/aromatic N) is 3. The summed E-state index contributed by atoms with van der Waals surface area (Å²) in [5.41, 5.74) is 1.48. The number of benzene rings is 1. The smallest absolute Gasteiger partial charge is 0.240 e. The van der Waals surface area contributed by atoms with E-state index in [9.17, 15) is 17.2 Å². The van der Waals surface area contributed by atoms with E-state index >= 15 is 0 Å². The van der Waals surface area contributed by atoms with Gasteiger partial charge in [-0.2, -0.15) is 13.9 Å². The molecule has 10 heteroatoms. The Morgan fingerprint density at radius 2 is 2.00 bits per heavy atom. The lowest BCUT2D eigenvalue weighted by Gasteiger charge is -2.02. The molecule has 0 unspecified atom stereocenters. The van der Waals surface area contributed by atoms with Crippen molar-refractivity contribution >= 4 is 21.4 Å². The van der Waals surface area contributed by atoms with E-state index < -0.39 is 16.6 Å². The van der Waals surface area contributed by atoms with Crippen molar-refractivity contribution in [1.29, 1.82) is 0 Å². The third kappa shape index (κ3) is 3.66. The average Bonchev–Trinajstić information content (AvgIpc) is 3.24. The molecule has 2 heterocycles. The fourth-order valence-corrected chi connectivity index (χ4v) is 3.68. The molecule has 0 radical (unpaired) electrons. The van der Waals surface area contributed by atoms with Crippen molar-refractivity contribution in [2.45, 2.75) is 18.0 Å². The Labute approximate surface area is 140 Å². The van der Waals surface area contributed by atoms with Gasteiger partial charge in [-0.3, -0.25) is 0 Å². The highest BCUT2D eigenvalue weighted by Crippen LogP contribution is 2.23. The monoisotopic (exact) mass is 370 g/mol. The van der Waals surface area contributed by atoms with E-state index in [0.717, 1.165) is 23.0 Å². The van der Waals surface area contributed by atoms with Crippen LogP contribution in [0.2, 0.25) is 0 Å². The van der Waals surface area contributed by atoms with E-state index in [4.69, 9.17) is 0 Å². The van der Waals surface area contributed by atoms with Crippen molar-refractivity contribution in [3.63, 3.8) is 0 Å². The van der Waals surface area contributed by atoms with Crippen molar-refractivity contribution in [1.82, 2.24) is 19.5 Å². The van der Waals surface area contributed by atoms with Crippen LogP contribution in [0.3, 0.4) is 0 Å². The second-order valence-electron chi connectivity index (χ2n) is 4.77. The van der Waals surface area contributed by atoms with Crippen molar-refractivity contribution in [2.24, 2.45) is 0 Å². The fraction of sp³-hybridized carbons (Fsp3) is 0.143. The molecule has 0 saturated heterocycles. The van der Waals surface area contributed by atoms with Crippen LogP contribution < -0.4 is 4.72 Å². The molecule has 1 N–H and O–H groups in total. The number of aromatic nitrogens is 3. The highest BCUT2D eigenvalue weighted by atomic mass is 32.2. The molecule has 24 heavy (non-hydrogen) atoms. The fourth-order valence-electron chi connectivity index (χ4n) is 1.92. The molecular formula is C14H12F2N4O2S2. The van der Waals surface area contributed by atoms with Crippen LogP contribution in [0.1, 0.15) is 12.2 Å². The Bertz CT molecular complexity index is 923. The van der Waals surface area contributed by atoms with Gasteiger partial charge in [-0.05, 0) is 0 Å². The highest BCUT2D eigenvalue weighted by molar-refractivity contribution is 7.89. The van der Waals surface area contributed by atoms with Crippen molar-refractivity contribution in [2.75, 3.05) is 0 Å². The number of sulfonamides is 1. The van der Waals surface area contributed by atoms with Crippen molar-refractivity contribution < 1.29 is 17.2 Å². The summed E-state index contributed by atoms with van der Waals surface area (Å²) in [5, 5.41) is 5.83. The van der Waals surface area contributed by atoms with Gasteiger partial charge in [0.2, 0.25) is 10.0 Å². The van der Waals surface area contributed by atoms with Crippen LogP contribution in [-0.4, -0.2) is 23.2 Å². The molecule has 3 aromatic rings. The van der Waals surface area contributed by atoms with Gasteiger partial charge < -0.3 is 0 Å². The Hall–Kier alpha value is -2.17. The van der Waals surface area contributed by atoms with Crippen LogP contribution in [0.4, 0.5) is 8.78 Å². The van der Waals surface area contributed by atoms with Crippen LogP contribution in [0.15, 0.2) is 53.0 Å². The molecule has 0 aliphatic rings. The standard InChI is InChI=1S/C14H12F2N4O2S2/c15-14(16)20-8-12(7-17-20)24(21,22)18-6-11-9-23-13(19-11)10-4-2-1-3-5-10/h1-5,7-9,14,18H,6H2. The Morgan fingerprint density at radius 1 is 1.25 bits per heavy atom. The zero-order valence-electron chi connectivity index (χ0n) is 12.1. The first-order valence-corrected chi connectivity index (χ1v) is 9.14. The largest absolute Gasteiger partial charge is 0.333 e. The van der Waals surface area contributed by atoms with Gasteiger partial charge in [0, 0.05) is 10.9 Å². The van der Waals surface area contributed by atoms with Gasteiger partial charge in [0.25, 0.3) is 0 Å². The van der Waals surface area contributed by atoms with Crippen LogP contribution in [0.5, 0.6) is 0 Å². The van der Waals surface area contributed by atoms with Gasteiger partial charge in [0.05, 0.1) is 24.6 Å². The number of hydrogen-bond donors (Lipinski definition) is 1. The highest BCUT2D eigenvalue weighted by Gasteiger charge is 2.19. The second-order valence-corrected chi connectivity index (χ2v) is 7.39. The van der Waals surface area contributed by atoms with Crippen LogP contribution in [-0.2, 0) is 16.6 Å². The number of thiazole rings is 1. The van der Waals surface area contributed by atoms with Gasteiger partial charge in [-0.25, -0.2) is 22.8 Å². The third-order valence-electron chi connectivity index (χ3n) is 3.10. The predicted molar refractivity (Wildman–Crippen MR) is 85.1 cm³/mol. The summed E-state index contributed by atoms with van der Waals surface area (Å²) in [4.78, 5) is 4.04. The summed E-state index contributed by atoms with van der Waals surface area (Å²) in [5.74, 6) is 0. The number of nitrogens with one attached hydrogen (secondary N) is 1. The maximum absolute atomic E-state index is 12.5. The molecule has 0 amide bonds. The lowest BCUT2D eigenvalue weighted by atomic mass is 10.2. The van der Waals surface area contributed by atoms with Crippen LogP contribution in [0, 0.1) is 0 Å². The first kappa shape index (κ1) is 16.7. The van der Waals surface area contributed by atoms with E-state index in [1.807, 2.05) is 30.3 Å². The molecule has 3 rings (SSSR count). The summed E-state index contributed by atoms with van der Waals surface area (Å²) >= 11 is 1.40. The number of alkyl halides is 2. The third-order valence-corrected chi connectivity index (χ3v) is 5.40. The molecular weight excluding hydrogens is 358 g/mol. The van der Waals surface area contributed by atoms with E-state index in [-0.39, 0.29) is 16.1 Å². The van der Waals surface area contributed by atoms with E-state index in [1.165, 1.54) is 11.3 Å². The van der Waals surface area contributed by atoms with Crippen LogP contribution in [0.25, 0.3) is 10.6 Å². The minimum atomic E-state index is -3.93. The lowest BCUT2D eigenvalue weighted by Crippen LogP contribution is -2.23. The first-order valence-electron chi connectivity index (χ1n) is 6.77. The molecule has 0 saturated carbocycles. The SMILES string of the molecule is O=S(=O)(NCc1csc(-c2ccccc2)n1)c1cnn(C(F)F)c1. The zero-order chi connectivity index (χ0) is 17.2. The molecule has 0 aliphatic carbocycles. The molecule has 0 aliphatic heterocycles. The molecule has 2 aromatic heterocycles. The maximum Gasteiger partial charge on any atom is 0.333 e. The number of halogens is 2. The molecule has 0 fully saturated rings. The van der Waals surface area contributed by atoms with Gasteiger partial charge in [0.1, 0.15) is 9.90 Å². The Morgan fingerprint density at radius 3 is 2.67 bits per heavy atom. The van der Waals surface area contributed by atoms with Crippen LogP contribution >= 0.6 is 11.3 Å². The summed E-state index contributed by atoms with van der Waals surface area (Å²) in [6.07, 6.45) is 1.66. The first-order chi connectivity index (χ1) is 11.5. The van der Waals surface area contributed by atoms with Gasteiger partial charge in [0.15, 0.2) is 0 Å². The summed E-state index contributed by atoms with van der Waals surface area (Å²) in [7, 11) is -3.93. The summed E-state index contributed by atoms with van der Waals surface area (Å²) in [6.45, 7) is -2.92. The maximum atomic E-state index is 12.5. The summed E-state index contributed by atoms with van der Waals surface area (Å²) < 4.78 is 51.7. The minimum Gasteiger partial charge on any atom is -0.240 e. The molecule has 0 spiro atoms. The van der Waals surface area contributed by atoms with Gasteiger partial charge in [-0.15, -0.1) is 11.3 Å². The van der Waals surface area contributed by atoms with Crippen molar-refractivity contribution in [3.8, 4) is 10.6 Å². The van der Waals surface area contributed by atoms with E-state index in [1.54, 1.807) is 5.38 Å². The minimum absolute atomic E-state index is 0.0362. The number of rotatable bonds is 6. The molecule has 0 bridgehead atoms. The average molecular weight is 370 g/mol. The topological polar surface area (TPSA) is 76.9 Å². The number of hydrogen-bond acceptors (Lipinski definition) is 5. The van der Waals surface area contributed by atoms with E-state index in [2.05, 4.69) is 14.8 Å². The predicted octanol–water partition coefficient (Wildman–Crippen LogP) is 2.88. The molecule has 1 aromatic carbocycles. The molecule has 6 nitrogen and oxygen atoms in total. The Balaban J connectivity index is 1.70. The van der Waals surface area contributed by atoms with Gasteiger partial charge in [-0.1, -0.05) is 30.3 Å². The normalized spacial score (nSPS) is 12.0. The quantitative estimate of drug-likeness (QED) is 0.724. The lowest BCUT2D eigenvalue weighted by molar-refractivity contribution is 0.0564. The Kier molecular flexibility index (Phi) is 4.69. The second kappa shape index (κ2) is 6.75.